The van der Waals surface area contributed by atoms with Gasteiger partial charge in [0, 0.05) is 0 Å². The molecule has 118 valence electrons. The van der Waals surface area contributed by atoms with Gasteiger partial charge in [-0.15, -0.1) is 0 Å². The molecule has 0 fully saturated rings. The van der Waals surface area contributed by atoms with Crippen LogP contribution in [0.25, 0.3) is 33.4 Å². The van der Waals surface area contributed by atoms with Gasteiger partial charge in [-0.05, 0) is 45.5 Å². The van der Waals surface area contributed by atoms with Crippen LogP contribution in [0, 0.1) is 0 Å². The molecule has 0 spiro atoms. The van der Waals surface area contributed by atoms with Gasteiger partial charge in [0.05, 0.1) is 0 Å². The first kappa shape index (κ1) is 15.5. The van der Waals surface area contributed by atoms with E-state index in [2.05, 4.69) is 111 Å². The maximum Gasteiger partial charge on any atom is 0.139 e. The van der Waals surface area contributed by atoms with E-state index in [4.69, 9.17) is 0 Å². The van der Waals surface area contributed by atoms with Crippen LogP contribution in [-0.2, 0) is 0 Å². The summed E-state index contributed by atoms with van der Waals surface area (Å²) in [5.41, 5.74) is 8.80. The van der Waals surface area contributed by atoms with E-state index in [1.165, 1.54) is 38.8 Å². The van der Waals surface area contributed by atoms with Crippen LogP contribution < -0.4 is 5.46 Å². The summed E-state index contributed by atoms with van der Waals surface area (Å²) in [6.07, 6.45) is 0. The van der Waals surface area contributed by atoms with Crippen LogP contribution >= 0.6 is 0 Å². The van der Waals surface area contributed by atoms with Crippen molar-refractivity contribution in [3.05, 3.63) is 103 Å². The topological polar surface area (TPSA) is 0 Å². The Kier molecular flexibility index (Phi) is 4.22. The van der Waals surface area contributed by atoms with E-state index in [0.29, 0.717) is 0 Å². The lowest BCUT2D eigenvalue weighted by molar-refractivity contribution is 1.58. The summed E-state index contributed by atoms with van der Waals surface area (Å²) in [5.74, 6) is 0. The summed E-state index contributed by atoms with van der Waals surface area (Å²) in [7, 11) is 2.14. The maximum absolute atomic E-state index is 2.28. The Bertz CT molecular complexity index is 1000. The average Bonchev–Trinajstić information content (AvgIpc) is 2.69. The van der Waals surface area contributed by atoms with Crippen LogP contribution in [-0.4, -0.2) is 7.85 Å². The Morgan fingerprint density at radius 3 is 1.28 bits per heavy atom. The molecule has 0 unspecified atom stereocenters. The van der Waals surface area contributed by atoms with Crippen molar-refractivity contribution in [2.24, 2.45) is 0 Å². The Morgan fingerprint density at radius 1 is 0.360 bits per heavy atom. The fraction of sp³-hybridized carbons (Fsp3) is 0. The molecule has 4 aromatic rings. The van der Waals surface area contributed by atoms with Crippen LogP contribution in [0.4, 0.5) is 0 Å². The summed E-state index contributed by atoms with van der Waals surface area (Å²) >= 11 is 0. The molecule has 0 bridgehead atoms. The van der Waals surface area contributed by atoms with Crippen LogP contribution in [0.3, 0.4) is 0 Å². The third kappa shape index (κ3) is 3.41. The third-order valence-electron chi connectivity index (χ3n) is 4.52. The molecule has 25 heavy (non-hydrogen) atoms. The number of hydrogen-bond donors (Lipinski definition) is 0. The second-order valence-corrected chi connectivity index (χ2v) is 6.40. The van der Waals surface area contributed by atoms with Gasteiger partial charge < -0.3 is 0 Å². The molecule has 0 N–H and O–H groups in total. The molecular weight excluding hydrogens is 299 g/mol. The van der Waals surface area contributed by atoms with Crippen LogP contribution in [0.5, 0.6) is 0 Å². The van der Waals surface area contributed by atoms with Gasteiger partial charge in [-0.1, -0.05) is 96.5 Å². The number of hydrogen-bond acceptors (Lipinski definition) is 0. The third-order valence-corrected chi connectivity index (χ3v) is 4.52. The Morgan fingerprint density at radius 2 is 0.760 bits per heavy atom. The van der Waals surface area contributed by atoms with E-state index in [-0.39, 0.29) is 0 Å². The number of benzene rings is 4. The van der Waals surface area contributed by atoms with Gasteiger partial charge >= 0.3 is 0 Å². The van der Waals surface area contributed by atoms with E-state index in [1.54, 1.807) is 0 Å². The molecule has 4 aromatic carbocycles. The van der Waals surface area contributed by atoms with Crippen molar-refractivity contribution >= 4 is 13.3 Å². The van der Waals surface area contributed by atoms with Crippen molar-refractivity contribution < 1.29 is 0 Å². The molecule has 0 radical (unpaired) electrons. The second-order valence-electron chi connectivity index (χ2n) is 6.40. The molecule has 1 heteroatoms. The highest BCUT2D eigenvalue weighted by Crippen LogP contribution is 2.29. The highest BCUT2D eigenvalue weighted by atomic mass is 14.1. The van der Waals surface area contributed by atoms with Crippen molar-refractivity contribution in [2.75, 3.05) is 0 Å². The normalized spacial score (nSPS) is 10.6. The molecule has 0 atom stereocenters. The Balaban J connectivity index is 1.75. The quantitative estimate of drug-likeness (QED) is 0.469. The minimum atomic E-state index is 1.25. The van der Waals surface area contributed by atoms with E-state index in [9.17, 15) is 0 Å². The molecule has 0 aliphatic rings. The summed E-state index contributed by atoms with van der Waals surface area (Å²) in [4.78, 5) is 0. The fourth-order valence-corrected chi connectivity index (χ4v) is 3.21. The zero-order valence-electron chi connectivity index (χ0n) is 14.3. The van der Waals surface area contributed by atoms with E-state index in [0.717, 1.165) is 0 Å². The monoisotopic (exact) mass is 318 g/mol. The van der Waals surface area contributed by atoms with Crippen molar-refractivity contribution in [1.82, 2.24) is 0 Å². The first-order chi connectivity index (χ1) is 12.3. The van der Waals surface area contributed by atoms with Crippen LogP contribution in [0.2, 0.25) is 0 Å². The van der Waals surface area contributed by atoms with Crippen molar-refractivity contribution in [3.63, 3.8) is 0 Å². The zero-order valence-corrected chi connectivity index (χ0v) is 14.3. The Hall–Kier alpha value is -3.06. The summed E-state index contributed by atoms with van der Waals surface area (Å²) in [5, 5.41) is 0. The molecule has 0 aromatic heterocycles. The lowest BCUT2D eigenvalue weighted by Gasteiger charge is -2.09. The molecule has 0 aliphatic heterocycles. The van der Waals surface area contributed by atoms with Crippen molar-refractivity contribution in [2.45, 2.75) is 0 Å². The van der Waals surface area contributed by atoms with Crippen molar-refractivity contribution in [3.8, 4) is 33.4 Å². The lowest BCUT2D eigenvalue weighted by Crippen LogP contribution is -2.00. The zero-order chi connectivity index (χ0) is 17.1. The predicted octanol–water partition coefficient (Wildman–Crippen LogP) is 4.95. The second kappa shape index (κ2) is 6.82. The smallest absolute Gasteiger partial charge is 0.0884 e. The molecule has 0 saturated heterocycles. The molecular formula is C24H19B. The van der Waals surface area contributed by atoms with Crippen LogP contribution in [0.15, 0.2) is 103 Å². The van der Waals surface area contributed by atoms with Gasteiger partial charge in [0.1, 0.15) is 7.85 Å². The van der Waals surface area contributed by atoms with E-state index in [1.807, 2.05) is 0 Å². The van der Waals surface area contributed by atoms with E-state index >= 15 is 0 Å². The van der Waals surface area contributed by atoms with Gasteiger partial charge in [-0.3, -0.25) is 0 Å². The molecule has 0 saturated carbocycles. The molecule has 0 heterocycles. The highest BCUT2D eigenvalue weighted by Gasteiger charge is 2.04. The largest absolute Gasteiger partial charge is 0.139 e. The average molecular weight is 318 g/mol. The van der Waals surface area contributed by atoms with Gasteiger partial charge in [-0.25, -0.2) is 0 Å². The first-order valence-corrected chi connectivity index (χ1v) is 8.62. The fourth-order valence-electron chi connectivity index (χ4n) is 3.21. The molecule has 4 rings (SSSR count). The minimum Gasteiger partial charge on any atom is -0.0884 e. The maximum atomic E-state index is 2.28. The predicted molar refractivity (Wildman–Crippen MR) is 111 cm³/mol. The summed E-state index contributed by atoms with van der Waals surface area (Å²) < 4.78 is 0. The summed E-state index contributed by atoms with van der Waals surface area (Å²) in [6, 6.07) is 36.7. The first-order valence-electron chi connectivity index (χ1n) is 8.62. The minimum absolute atomic E-state index is 1.25. The highest BCUT2D eigenvalue weighted by molar-refractivity contribution is 6.32. The van der Waals surface area contributed by atoms with E-state index < -0.39 is 0 Å². The molecule has 0 aliphatic carbocycles. The summed E-state index contributed by atoms with van der Waals surface area (Å²) in [6.45, 7) is 0. The van der Waals surface area contributed by atoms with Gasteiger partial charge in [0.15, 0.2) is 0 Å². The van der Waals surface area contributed by atoms with Crippen LogP contribution in [0.1, 0.15) is 0 Å². The lowest BCUT2D eigenvalue weighted by atomic mass is 9.91. The number of rotatable bonds is 3. The SMILES string of the molecule is Bc1cccc(-c2cccc(-c3cccc(-c4ccccc4)c3)c2)c1. The van der Waals surface area contributed by atoms with Gasteiger partial charge in [0.2, 0.25) is 0 Å². The van der Waals surface area contributed by atoms with Gasteiger partial charge in [0.25, 0.3) is 0 Å². The van der Waals surface area contributed by atoms with Crippen molar-refractivity contribution in [1.29, 1.82) is 0 Å². The Labute approximate surface area is 150 Å². The molecule has 0 nitrogen and oxygen atoms in total. The van der Waals surface area contributed by atoms with Gasteiger partial charge in [-0.2, -0.15) is 0 Å². The standard InChI is InChI=1S/C24H19B/c25-24-14-6-13-23(17-24)22-12-5-11-21(16-22)20-10-4-9-19(15-20)18-7-2-1-3-8-18/h1-17H,25H2. The molecule has 0 amide bonds.